The zero-order valence-corrected chi connectivity index (χ0v) is 12.3. The number of carbonyl (C=O) groups is 1. The maximum Gasteiger partial charge on any atom is 0.325 e. The molecule has 0 radical (unpaired) electrons. The molecule has 5 heteroatoms. The average Bonchev–Trinajstić information content (AvgIpc) is 2.47. The van der Waals surface area contributed by atoms with Gasteiger partial charge in [-0.05, 0) is 43.2 Å². The molecule has 0 fully saturated rings. The van der Waals surface area contributed by atoms with Crippen LogP contribution < -0.4 is 10.1 Å². The second-order valence-corrected chi connectivity index (χ2v) is 4.81. The highest BCUT2D eigenvalue weighted by molar-refractivity contribution is 5.83. The number of pyridine rings is 1. The summed E-state index contributed by atoms with van der Waals surface area (Å²) in [4.78, 5) is 15.1. The molecule has 0 aliphatic rings. The second kappa shape index (κ2) is 6.26. The number of hydrogen-bond donors (Lipinski definition) is 2. The third-order valence-electron chi connectivity index (χ3n) is 3.29. The zero-order chi connectivity index (χ0) is 15.4. The highest BCUT2D eigenvalue weighted by Crippen LogP contribution is 2.32. The molecule has 110 valence electrons. The van der Waals surface area contributed by atoms with Crippen LogP contribution in [0, 0.1) is 6.92 Å². The van der Waals surface area contributed by atoms with Crippen LogP contribution in [0.4, 0.5) is 5.69 Å². The molecular formula is C16H18N2O3. The van der Waals surface area contributed by atoms with E-state index >= 15 is 0 Å². The van der Waals surface area contributed by atoms with E-state index in [0.29, 0.717) is 5.69 Å². The van der Waals surface area contributed by atoms with Crippen molar-refractivity contribution in [2.45, 2.75) is 19.9 Å². The Morgan fingerprint density at radius 2 is 2.10 bits per heavy atom. The molecule has 1 aromatic carbocycles. The molecule has 0 bridgehead atoms. The fraction of sp³-hybridized carbons (Fsp3) is 0.250. The van der Waals surface area contributed by atoms with E-state index in [2.05, 4.69) is 10.3 Å². The van der Waals surface area contributed by atoms with Crippen molar-refractivity contribution in [1.82, 2.24) is 4.98 Å². The van der Waals surface area contributed by atoms with Crippen LogP contribution in [0.2, 0.25) is 0 Å². The van der Waals surface area contributed by atoms with Crippen LogP contribution in [0.3, 0.4) is 0 Å². The highest BCUT2D eigenvalue weighted by atomic mass is 16.5. The summed E-state index contributed by atoms with van der Waals surface area (Å²) in [6, 6.07) is 6.96. The molecule has 0 spiro atoms. The average molecular weight is 286 g/mol. The van der Waals surface area contributed by atoms with Gasteiger partial charge in [-0.25, -0.2) is 0 Å². The number of carboxylic acid groups (broad SMARTS) is 1. The first-order chi connectivity index (χ1) is 10.0. The smallest absolute Gasteiger partial charge is 0.325 e. The third-order valence-corrected chi connectivity index (χ3v) is 3.29. The molecule has 5 nitrogen and oxygen atoms in total. The minimum absolute atomic E-state index is 0.688. The Morgan fingerprint density at radius 1 is 1.33 bits per heavy atom. The Bertz CT molecular complexity index is 656. The van der Waals surface area contributed by atoms with Crippen molar-refractivity contribution < 1.29 is 14.6 Å². The number of aromatic nitrogens is 1. The molecule has 0 saturated heterocycles. The van der Waals surface area contributed by atoms with Gasteiger partial charge in [0.15, 0.2) is 0 Å². The SMILES string of the molecule is COc1ccc(-c2ccncc2N[C@@H](C)C(=O)O)c(C)c1. The minimum atomic E-state index is -0.906. The summed E-state index contributed by atoms with van der Waals surface area (Å²) in [7, 11) is 1.63. The summed E-state index contributed by atoms with van der Waals surface area (Å²) in [5.74, 6) is -0.116. The summed E-state index contributed by atoms with van der Waals surface area (Å²) < 4.78 is 5.21. The normalized spacial score (nSPS) is 11.8. The fourth-order valence-corrected chi connectivity index (χ4v) is 2.10. The van der Waals surface area contributed by atoms with Gasteiger partial charge in [-0.2, -0.15) is 0 Å². The summed E-state index contributed by atoms with van der Waals surface area (Å²) in [6.07, 6.45) is 3.33. The van der Waals surface area contributed by atoms with Crippen LogP contribution in [-0.2, 0) is 4.79 Å². The van der Waals surface area contributed by atoms with Gasteiger partial charge in [0.2, 0.25) is 0 Å². The van der Waals surface area contributed by atoms with Gasteiger partial charge in [-0.3, -0.25) is 9.78 Å². The van der Waals surface area contributed by atoms with Crippen LogP contribution in [0.15, 0.2) is 36.7 Å². The molecule has 2 N–H and O–H groups in total. The molecule has 2 aromatic rings. The summed E-state index contributed by atoms with van der Waals surface area (Å²) in [5.41, 5.74) is 3.67. The lowest BCUT2D eigenvalue weighted by atomic mass is 9.99. The molecule has 1 aromatic heterocycles. The number of rotatable bonds is 5. The Labute approximate surface area is 123 Å². The molecule has 0 unspecified atom stereocenters. The third kappa shape index (κ3) is 3.31. The number of aliphatic carboxylic acids is 1. The molecule has 1 atom stereocenters. The molecule has 21 heavy (non-hydrogen) atoms. The topological polar surface area (TPSA) is 71.5 Å². The van der Waals surface area contributed by atoms with Gasteiger partial charge in [0.05, 0.1) is 19.0 Å². The van der Waals surface area contributed by atoms with E-state index in [0.717, 1.165) is 22.4 Å². The van der Waals surface area contributed by atoms with Crippen molar-refractivity contribution in [3.05, 3.63) is 42.2 Å². The van der Waals surface area contributed by atoms with Crippen LogP contribution in [0.1, 0.15) is 12.5 Å². The predicted molar refractivity (Wildman–Crippen MR) is 81.7 cm³/mol. The number of methoxy groups -OCH3 is 1. The highest BCUT2D eigenvalue weighted by Gasteiger charge is 2.14. The Balaban J connectivity index is 2.42. The van der Waals surface area contributed by atoms with E-state index in [-0.39, 0.29) is 0 Å². The Morgan fingerprint density at radius 3 is 2.71 bits per heavy atom. The maximum absolute atomic E-state index is 11.0. The number of ether oxygens (including phenoxy) is 1. The molecule has 0 saturated carbocycles. The number of benzene rings is 1. The number of carboxylic acids is 1. The second-order valence-electron chi connectivity index (χ2n) is 4.81. The van der Waals surface area contributed by atoms with Gasteiger partial charge >= 0.3 is 5.97 Å². The number of aryl methyl sites for hydroxylation is 1. The largest absolute Gasteiger partial charge is 0.497 e. The number of hydrogen-bond acceptors (Lipinski definition) is 4. The maximum atomic E-state index is 11.0. The monoisotopic (exact) mass is 286 g/mol. The lowest BCUT2D eigenvalue weighted by Crippen LogP contribution is -2.25. The summed E-state index contributed by atoms with van der Waals surface area (Å²) in [6.45, 7) is 3.59. The number of nitrogens with one attached hydrogen (secondary N) is 1. The first-order valence-corrected chi connectivity index (χ1v) is 6.61. The Kier molecular flexibility index (Phi) is 4.42. The molecule has 2 rings (SSSR count). The van der Waals surface area contributed by atoms with Crippen molar-refractivity contribution in [2.75, 3.05) is 12.4 Å². The van der Waals surface area contributed by atoms with Gasteiger partial charge in [-0.1, -0.05) is 6.07 Å². The van der Waals surface area contributed by atoms with Crippen LogP contribution in [0.25, 0.3) is 11.1 Å². The Hall–Kier alpha value is -2.56. The summed E-state index contributed by atoms with van der Waals surface area (Å²) in [5, 5.41) is 12.0. The van der Waals surface area contributed by atoms with Gasteiger partial charge in [0.25, 0.3) is 0 Å². The van der Waals surface area contributed by atoms with Crippen molar-refractivity contribution in [3.8, 4) is 16.9 Å². The van der Waals surface area contributed by atoms with Gasteiger partial charge in [-0.15, -0.1) is 0 Å². The molecule has 0 aliphatic heterocycles. The molecular weight excluding hydrogens is 268 g/mol. The molecule has 1 heterocycles. The minimum Gasteiger partial charge on any atom is -0.497 e. The standard InChI is InChI=1S/C16H18N2O3/c1-10-8-12(21-3)4-5-13(10)14-6-7-17-9-15(14)18-11(2)16(19)20/h4-9,11,18H,1-3H3,(H,19,20)/t11-/m0/s1. The van der Waals surface area contributed by atoms with E-state index in [4.69, 9.17) is 9.84 Å². The van der Waals surface area contributed by atoms with E-state index in [1.807, 2.05) is 31.2 Å². The number of nitrogens with zero attached hydrogens (tertiary/aromatic N) is 1. The van der Waals surface area contributed by atoms with Gasteiger partial charge in [0.1, 0.15) is 11.8 Å². The van der Waals surface area contributed by atoms with Crippen LogP contribution in [0.5, 0.6) is 5.75 Å². The number of anilines is 1. The molecule has 0 amide bonds. The first kappa shape index (κ1) is 14.8. The van der Waals surface area contributed by atoms with Crippen molar-refractivity contribution in [2.24, 2.45) is 0 Å². The van der Waals surface area contributed by atoms with Crippen molar-refractivity contribution >= 4 is 11.7 Å². The first-order valence-electron chi connectivity index (χ1n) is 6.61. The van der Waals surface area contributed by atoms with Crippen molar-refractivity contribution in [3.63, 3.8) is 0 Å². The van der Waals surface area contributed by atoms with Crippen LogP contribution in [-0.4, -0.2) is 29.2 Å². The summed E-state index contributed by atoms with van der Waals surface area (Å²) >= 11 is 0. The van der Waals surface area contributed by atoms with Gasteiger partial charge in [0, 0.05) is 11.8 Å². The quantitative estimate of drug-likeness (QED) is 0.884. The van der Waals surface area contributed by atoms with E-state index in [9.17, 15) is 4.79 Å². The van der Waals surface area contributed by atoms with Gasteiger partial charge < -0.3 is 15.2 Å². The van der Waals surface area contributed by atoms with E-state index in [1.54, 1.807) is 26.4 Å². The lowest BCUT2D eigenvalue weighted by molar-refractivity contribution is -0.137. The zero-order valence-electron chi connectivity index (χ0n) is 12.3. The van der Waals surface area contributed by atoms with E-state index < -0.39 is 12.0 Å². The lowest BCUT2D eigenvalue weighted by Gasteiger charge is -2.16. The fourth-order valence-electron chi connectivity index (χ4n) is 2.10. The molecule has 0 aliphatic carbocycles. The predicted octanol–water partition coefficient (Wildman–Crippen LogP) is 2.95. The van der Waals surface area contributed by atoms with Crippen molar-refractivity contribution in [1.29, 1.82) is 0 Å². The van der Waals surface area contributed by atoms with E-state index in [1.165, 1.54) is 0 Å². The van der Waals surface area contributed by atoms with Crippen LogP contribution >= 0.6 is 0 Å².